The van der Waals surface area contributed by atoms with Crippen LogP contribution in [0.5, 0.6) is 0 Å². The van der Waals surface area contributed by atoms with Gasteiger partial charge in [0.05, 0.1) is 5.56 Å². The van der Waals surface area contributed by atoms with Crippen LogP contribution < -0.4 is 0 Å². The summed E-state index contributed by atoms with van der Waals surface area (Å²) in [5.74, 6) is -0.226. The van der Waals surface area contributed by atoms with E-state index in [9.17, 15) is 13.2 Å². The van der Waals surface area contributed by atoms with Crippen LogP contribution in [0, 0.1) is 0 Å². The van der Waals surface area contributed by atoms with Crippen molar-refractivity contribution in [3.63, 3.8) is 0 Å². The van der Waals surface area contributed by atoms with Crippen molar-refractivity contribution in [1.29, 1.82) is 0 Å². The van der Waals surface area contributed by atoms with Crippen LogP contribution in [0.4, 0.5) is 13.2 Å². The van der Waals surface area contributed by atoms with Gasteiger partial charge in [-0.05, 0) is 17.5 Å². The minimum atomic E-state index is -4.37. The smallest absolute Gasteiger partial charge is 0.244 e. The zero-order chi connectivity index (χ0) is 10.9. The SMILES string of the molecule is CC(C)c1cnc(Cl)cc1C(F)(F)F. The van der Waals surface area contributed by atoms with Gasteiger partial charge in [0.2, 0.25) is 0 Å². The van der Waals surface area contributed by atoms with Gasteiger partial charge in [-0.25, -0.2) is 4.98 Å². The Morgan fingerprint density at radius 3 is 2.36 bits per heavy atom. The number of pyridine rings is 1. The molecule has 0 radical (unpaired) electrons. The maximum absolute atomic E-state index is 12.5. The van der Waals surface area contributed by atoms with E-state index in [0.29, 0.717) is 0 Å². The normalized spacial score (nSPS) is 12.2. The fraction of sp³-hybridized carbons (Fsp3) is 0.444. The minimum absolute atomic E-state index is 0.137. The van der Waals surface area contributed by atoms with Crippen LogP contribution in [0.25, 0.3) is 0 Å². The first-order valence-corrected chi connectivity index (χ1v) is 4.43. The Bertz CT molecular complexity index is 333. The molecule has 0 amide bonds. The third kappa shape index (κ3) is 2.38. The second-order valence-electron chi connectivity index (χ2n) is 3.25. The summed E-state index contributed by atoms with van der Waals surface area (Å²) in [5, 5.41) is -0.137. The number of alkyl halides is 3. The first-order chi connectivity index (χ1) is 6.32. The summed E-state index contributed by atoms with van der Waals surface area (Å²) in [6.45, 7) is 3.36. The molecule has 14 heavy (non-hydrogen) atoms. The highest BCUT2D eigenvalue weighted by Crippen LogP contribution is 2.35. The average molecular weight is 224 g/mol. The minimum Gasteiger partial charge on any atom is -0.244 e. The van der Waals surface area contributed by atoms with Crippen molar-refractivity contribution in [2.75, 3.05) is 0 Å². The van der Waals surface area contributed by atoms with Gasteiger partial charge in [-0.15, -0.1) is 0 Å². The fourth-order valence-corrected chi connectivity index (χ4v) is 1.30. The zero-order valence-electron chi connectivity index (χ0n) is 7.69. The molecule has 0 fully saturated rings. The van der Waals surface area contributed by atoms with Crippen molar-refractivity contribution in [3.05, 3.63) is 28.5 Å². The van der Waals surface area contributed by atoms with E-state index in [1.165, 1.54) is 6.20 Å². The van der Waals surface area contributed by atoms with Gasteiger partial charge in [-0.2, -0.15) is 13.2 Å². The number of hydrogen-bond acceptors (Lipinski definition) is 1. The Hall–Kier alpha value is -0.770. The Morgan fingerprint density at radius 2 is 1.93 bits per heavy atom. The molecule has 0 aliphatic carbocycles. The van der Waals surface area contributed by atoms with E-state index in [0.717, 1.165) is 6.07 Å². The van der Waals surface area contributed by atoms with Crippen LogP contribution in [0.3, 0.4) is 0 Å². The monoisotopic (exact) mass is 223 g/mol. The molecule has 1 rings (SSSR count). The Labute approximate surface area is 84.9 Å². The van der Waals surface area contributed by atoms with E-state index in [4.69, 9.17) is 11.6 Å². The van der Waals surface area contributed by atoms with E-state index in [2.05, 4.69) is 4.98 Å². The van der Waals surface area contributed by atoms with Gasteiger partial charge in [-0.3, -0.25) is 0 Å². The molecule has 0 bridgehead atoms. The van der Waals surface area contributed by atoms with Crippen LogP contribution in [0.1, 0.15) is 30.9 Å². The number of nitrogens with zero attached hydrogens (tertiary/aromatic N) is 1. The lowest BCUT2D eigenvalue weighted by molar-refractivity contribution is -0.138. The molecular weight excluding hydrogens is 215 g/mol. The van der Waals surface area contributed by atoms with E-state index >= 15 is 0 Å². The van der Waals surface area contributed by atoms with Crippen molar-refractivity contribution >= 4 is 11.6 Å². The molecule has 1 nitrogen and oxygen atoms in total. The molecule has 5 heteroatoms. The molecule has 0 atom stereocenters. The van der Waals surface area contributed by atoms with Gasteiger partial charge in [0, 0.05) is 6.20 Å². The molecule has 0 N–H and O–H groups in total. The molecule has 78 valence electrons. The van der Waals surface area contributed by atoms with Crippen molar-refractivity contribution in [3.8, 4) is 0 Å². The lowest BCUT2D eigenvalue weighted by Crippen LogP contribution is -2.10. The first kappa shape index (κ1) is 11.3. The van der Waals surface area contributed by atoms with Crippen LogP contribution in [0.2, 0.25) is 5.15 Å². The summed E-state index contributed by atoms with van der Waals surface area (Å²) in [4.78, 5) is 3.64. The largest absolute Gasteiger partial charge is 0.416 e. The highest BCUT2D eigenvalue weighted by Gasteiger charge is 2.34. The predicted octanol–water partition coefficient (Wildman–Crippen LogP) is 3.88. The molecule has 0 saturated carbocycles. The second-order valence-corrected chi connectivity index (χ2v) is 3.63. The van der Waals surface area contributed by atoms with Gasteiger partial charge in [-0.1, -0.05) is 25.4 Å². The molecule has 1 heterocycles. The molecule has 0 aliphatic heterocycles. The highest BCUT2D eigenvalue weighted by molar-refractivity contribution is 6.29. The van der Waals surface area contributed by atoms with Gasteiger partial charge in [0.15, 0.2) is 0 Å². The van der Waals surface area contributed by atoms with Crippen molar-refractivity contribution in [2.45, 2.75) is 25.9 Å². The first-order valence-electron chi connectivity index (χ1n) is 4.05. The Balaban J connectivity index is 3.30. The van der Waals surface area contributed by atoms with E-state index in [1.807, 2.05) is 0 Å². The Morgan fingerprint density at radius 1 is 1.36 bits per heavy atom. The standard InChI is InChI=1S/C9H9ClF3N/c1-5(2)6-4-14-8(10)3-7(6)9(11,12)13/h3-5H,1-2H3. The fourth-order valence-electron chi connectivity index (χ4n) is 1.15. The average Bonchev–Trinajstić information content (AvgIpc) is 2.01. The summed E-state index contributed by atoms with van der Waals surface area (Å²) < 4.78 is 37.5. The third-order valence-corrected chi connectivity index (χ3v) is 2.04. The third-order valence-electron chi connectivity index (χ3n) is 1.83. The molecule has 1 aromatic rings. The number of aromatic nitrogens is 1. The quantitative estimate of drug-likeness (QED) is 0.659. The van der Waals surface area contributed by atoms with Gasteiger partial charge >= 0.3 is 6.18 Å². The summed E-state index contributed by atoms with van der Waals surface area (Å²) in [6.07, 6.45) is -3.19. The number of hydrogen-bond donors (Lipinski definition) is 0. The topological polar surface area (TPSA) is 12.9 Å². The number of rotatable bonds is 1. The highest BCUT2D eigenvalue weighted by atomic mass is 35.5. The van der Waals surface area contributed by atoms with Gasteiger partial charge in [0.25, 0.3) is 0 Å². The van der Waals surface area contributed by atoms with Crippen molar-refractivity contribution < 1.29 is 13.2 Å². The second kappa shape index (κ2) is 3.77. The van der Waals surface area contributed by atoms with E-state index in [1.54, 1.807) is 13.8 Å². The molecular formula is C9H9ClF3N. The summed E-state index contributed by atoms with van der Waals surface area (Å²) in [7, 11) is 0. The van der Waals surface area contributed by atoms with Gasteiger partial charge in [0.1, 0.15) is 5.15 Å². The molecule has 0 unspecified atom stereocenters. The lowest BCUT2D eigenvalue weighted by Gasteiger charge is -2.14. The molecule has 1 aromatic heterocycles. The van der Waals surface area contributed by atoms with Crippen LogP contribution >= 0.6 is 11.6 Å². The molecule has 0 spiro atoms. The molecule has 0 aliphatic rings. The summed E-state index contributed by atoms with van der Waals surface area (Å²) in [6, 6.07) is 0.858. The van der Waals surface area contributed by atoms with E-state index < -0.39 is 11.7 Å². The molecule has 0 aromatic carbocycles. The zero-order valence-corrected chi connectivity index (χ0v) is 8.45. The summed E-state index contributed by atoms with van der Waals surface area (Å²) in [5.41, 5.74) is -0.533. The Kier molecular flexibility index (Phi) is 3.04. The predicted molar refractivity (Wildman–Crippen MR) is 48.3 cm³/mol. The van der Waals surface area contributed by atoms with Crippen molar-refractivity contribution in [1.82, 2.24) is 4.98 Å². The van der Waals surface area contributed by atoms with Crippen molar-refractivity contribution in [2.24, 2.45) is 0 Å². The van der Waals surface area contributed by atoms with E-state index in [-0.39, 0.29) is 16.6 Å². The van der Waals surface area contributed by atoms with Crippen LogP contribution in [0.15, 0.2) is 12.3 Å². The van der Waals surface area contributed by atoms with Crippen LogP contribution in [-0.2, 0) is 6.18 Å². The maximum Gasteiger partial charge on any atom is 0.416 e. The lowest BCUT2D eigenvalue weighted by atomic mass is 9.99. The summed E-state index contributed by atoms with van der Waals surface area (Å²) >= 11 is 5.42. The maximum atomic E-state index is 12.5. The number of halogens is 4. The van der Waals surface area contributed by atoms with Gasteiger partial charge < -0.3 is 0 Å². The molecule has 0 saturated heterocycles. The van der Waals surface area contributed by atoms with Crippen LogP contribution in [-0.4, -0.2) is 4.98 Å².